The fourth-order valence-corrected chi connectivity index (χ4v) is 3.86. The lowest BCUT2D eigenvalue weighted by atomic mass is 10.2. The third kappa shape index (κ3) is 2.48. The Morgan fingerprint density at radius 1 is 1.50 bits per heavy atom. The summed E-state index contributed by atoms with van der Waals surface area (Å²) < 4.78 is 43.9. The third-order valence-electron chi connectivity index (χ3n) is 3.26. The summed E-state index contributed by atoms with van der Waals surface area (Å²) in [4.78, 5) is 11.4. The molecule has 0 unspecified atom stereocenters. The van der Waals surface area contributed by atoms with Gasteiger partial charge in [-0.25, -0.2) is 12.8 Å². The molecule has 1 fully saturated rings. The molecule has 0 bridgehead atoms. The number of hydrogen-bond acceptors (Lipinski definition) is 5. The van der Waals surface area contributed by atoms with E-state index in [2.05, 4.69) is 4.74 Å². The zero-order chi connectivity index (χ0) is 14.9. The second-order valence-corrected chi connectivity index (χ2v) is 6.37. The molecule has 6 nitrogen and oxygen atoms in total. The standard InChI is InChI=1S/C12H15FN2O4S/c1-19-12(16)11-3-2-6-15(11)20(17,18)8-4-5-10(14)9(13)7-8/h4-5,7,11H,2-3,6,14H2,1H3/t11-/m0/s1. The van der Waals surface area contributed by atoms with Gasteiger partial charge in [0.05, 0.1) is 17.7 Å². The van der Waals surface area contributed by atoms with Gasteiger partial charge >= 0.3 is 5.97 Å². The Labute approximate surface area is 116 Å². The van der Waals surface area contributed by atoms with E-state index in [4.69, 9.17) is 5.73 Å². The van der Waals surface area contributed by atoms with Gasteiger partial charge in [0, 0.05) is 6.54 Å². The predicted molar refractivity (Wildman–Crippen MR) is 69.7 cm³/mol. The molecule has 1 aromatic carbocycles. The van der Waals surface area contributed by atoms with Crippen molar-refractivity contribution in [3.8, 4) is 0 Å². The van der Waals surface area contributed by atoms with Gasteiger partial charge in [-0.2, -0.15) is 4.31 Å². The van der Waals surface area contributed by atoms with Gasteiger partial charge in [-0.05, 0) is 31.0 Å². The number of hydrogen-bond donors (Lipinski definition) is 1. The van der Waals surface area contributed by atoms with Crippen LogP contribution in [-0.2, 0) is 19.6 Å². The molecule has 0 amide bonds. The van der Waals surface area contributed by atoms with E-state index in [1.807, 2.05) is 0 Å². The molecule has 1 atom stereocenters. The maximum Gasteiger partial charge on any atom is 0.324 e. The number of anilines is 1. The number of carbonyl (C=O) groups excluding carboxylic acids is 1. The first kappa shape index (κ1) is 14.7. The molecular formula is C12H15FN2O4S. The number of carbonyl (C=O) groups is 1. The Kier molecular flexibility index (Phi) is 3.96. The minimum Gasteiger partial charge on any atom is -0.468 e. The van der Waals surface area contributed by atoms with Gasteiger partial charge in [-0.15, -0.1) is 0 Å². The van der Waals surface area contributed by atoms with Crippen molar-refractivity contribution in [2.75, 3.05) is 19.4 Å². The number of rotatable bonds is 3. The first-order valence-electron chi connectivity index (χ1n) is 6.02. The van der Waals surface area contributed by atoms with Crippen molar-refractivity contribution in [2.45, 2.75) is 23.8 Å². The van der Waals surface area contributed by atoms with Crippen molar-refractivity contribution >= 4 is 21.7 Å². The summed E-state index contributed by atoms with van der Waals surface area (Å²) in [6, 6.07) is 2.41. The molecule has 2 N–H and O–H groups in total. The van der Waals surface area contributed by atoms with Gasteiger partial charge in [0.15, 0.2) is 0 Å². The third-order valence-corrected chi connectivity index (χ3v) is 5.16. The highest BCUT2D eigenvalue weighted by Crippen LogP contribution is 2.27. The van der Waals surface area contributed by atoms with Gasteiger partial charge in [-0.1, -0.05) is 0 Å². The largest absolute Gasteiger partial charge is 0.468 e. The molecule has 2 rings (SSSR count). The molecule has 8 heteroatoms. The Morgan fingerprint density at radius 2 is 2.20 bits per heavy atom. The van der Waals surface area contributed by atoms with Crippen LogP contribution in [0, 0.1) is 5.82 Å². The summed E-state index contributed by atoms with van der Waals surface area (Å²) in [6.45, 7) is 0.202. The first-order valence-corrected chi connectivity index (χ1v) is 7.46. The van der Waals surface area contributed by atoms with Crippen LogP contribution in [0.5, 0.6) is 0 Å². The number of benzene rings is 1. The van der Waals surface area contributed by atoms with Crippen LogP contribution in [0.15, 0.2) is 23.1 Å². The molecule has 1 saturated heterocycles. The Morgan fingerprint density at radius 3 is 2.80 bits per heavy atom. The number of nitrogens with zero attached hydrogens (tertiary/aromatic N) is 1. The molecular weight excluding hydrogens is 287 g/mol. The fourth-order valence-electron chi connectivity index (χ4n) is 2.20. The van der Waals surface area contributed by atoms with E-state index in [0.29, 0.717) is 12.8 Å². The quantitative estimate of drug-likeness (QED) is 0.657. The highest BCUT2D eigenvalue weighted by atomic mass is 32.2. The van der Waals surface area contributed by atoms with E-state index in [-0.39, 0.29) is 17.1 Å². The topological polar surface area (TPSA) is 89.7 Å². The average molecular weight is 302 g/mol. The SMILES string of the molecule is COC(=O)[C@@H]1CCCN1S(=O)(=O)c1ccc(N)c(F)c1. The van der Waals surface area contributed by atoms with E-state index < -0.39 is 27.9 Å². The van der Waals surface area contributed by atoms with Crippen LogP contribution in [0.1, 0.15) is 12.8 Å². The summed E-state index contributed by atoms with van der Waals surface area (Å²) in [5.74, 6) is -1.41. The first-order chi connectivity index (χ1) is 9.37. The van der Waals surface area contributed by atoms with Gasteiger partial charge in [0.2, 0.25) is 10.0 Å². The van der Waals surface area contributed by atoms with Crippen LogP contribution < -0.4 is 5.73 Å². The highest BCUT2D eigenvalue weighted by molar-refractivity contribution is 7.89. The summed E-state index contributed by atoms with van der Waals surface area (Å²) in [7, 11) is -2.74. The molecule has 0 radical (unpaired) electrons. The number of ether oxygens (including phenoxy) is 1. The summed E-state index contributed by atoms with van der Waals surface area (Å²) in [6.07, 6.45) is 0.944. The van der Waals surface area contributed by atoms with Crippen LogP contribution >= 0.6 is 0 Å². The van der Waals surface area contributed by atoms with Gasteiger partial charge in [-0.3, -0.25) is 4.79 Å². The second kappa shape index (κ2) is 5.37. The van der Waals surface area contributed by atoms with E-state index in [9.17, 15) is 17.6 Å². The molecule has 1 aliphatic heterocycles. The van der Waals surface area contributed by atoms with E-state index >= 15 is 0 Å². The predicted octanol–water partition coefficient (Wildman–Crippen LogP) is 0.734. The number of methoxy groups -OCH3 is 1. The molecule has 0 spiro atoms. The van der Waals surface area contributed by atoms with Crippen LogP contribution in [0.25, 0.3) is 0 Å². The van der Waals surface area contributed by atoms with Gasteiger partial charge < -0.3 is 10.5 Å². The zero-order valence-corrected chi connectivity index (χ0v) is 11.7. The number of nitrogens with two attached hydrogens (primary N) is 1. The van der Waals surface area contributed by atoms with Crippen molar-refractivity contribution in [2.24, 2.45) is 0 Å². The number of nitrogen functional groups attached to an aromatic ring is 1. The molecule has 0 aliphatic carbocycles. The molecule has 1 aromatic rings. The normalized spacial score (nSPS) is 20.0. The van der Waals surface area contributed by atoms with Crippen molar-refractivity contribution in [3.05, 3.63) is 24.0 Å². The highest BCUT2D eigenvalue weighted by Gasteiger charge is 2.40. The zero-order valence-electron chi connectivity index (χ0n) is 10.9. The van der Waals surface area contributed by atoms with Crippen molar-refractivity contribution < 1.29 is 22.3 Å². The number of sulfonamides is 1. The van der Waals surface area contributed by atoms with Crippen LogP contribution in [0.4, 0.5) is 10.1 Å². The van der Waals surface area contributed by atoms with Crippen molar-refractivity contribution in [1.82, 2.24) is 4.31 Å². The summed E-state index contributed by atoms with van der Waals surface area (Å²) in [5, 5.41) is 0. The Balaban J connectivity index is 2.38. The van der Waals surface area contributed by atoms with Crippen LogP contribution in [-0.4, -0.2) is 38.4 Å². The smallest absolute Gasteiger partial charge is 0.324 e. The summed E-state index contributed by atoms with van der Waals surface area (Å²) >= 11 is 0. The maximum absolute atomic E-state index is 13.4. The number of halogens is 1. The minimum absolute atomic E-state index is 0.130. The van der Waals surface area contributed by atoms with E-state index in [1.54, 1.807) is 0 Å². The van der Waals surface area contributed by atoms with E-state index in [0.717, 1.165) is 10.4 Å². The minimum atomic E-state index is -3.95. The lowest BCUT2D eigenvalue weighted by molar-refractivity contribution is -0.144. The molecule has 1 aliphatic rings. The Bertz CT molecular complexity index is 632. The van der Waals surface area contributed by atoms with Gasteiger partial charge in [0.25, 0.3) is 0 Å². The van der Waals surface area contributed by atoms with E-state index in [1.165, 1.54) is 19.2 Å². The van der Waals surface area contributed by atoms with Gasteiger partial charge in [0.1, 0.15) is 11.9 Å². The molecule has 0 saturated carbocycles. The van der Waals surface area contributed by atoms with Crippen molar-refractivity contribution in [3.63, 3.8) is 0 Å². The fraction of sp³-hybridized carbons (Fsp3) is 0.417. The van der Waals surface area contributed by atoms with Crippen LogP contribution in [0.3, 0.4) is 0 Å². The molecule has 1 heterocycles. The number of esters is 1. The second-order valence-electron chi connectivity index (χ2n) is 4.48. The Hall–Kier alpha value is -1.67. The van der Waals surface area contributed by atoms with Crippen LogP contribution in [0.2, 0.25) is 0 Å². The summed E-state index contributed by atoms with van der Waals surface area (Å²) in [5.41, 5.74) is 5.20. The molecule has 110 valence electrons. The van der Waals surface area contributed by atoms with Crippen molar-refractivity contribution in [1.29, 1.82) is 0 Å². The lowest BCUT2D eigenvalue weighted by Gasteiger charge is -2.22. The lowest BCUT2D eigenvalue weighted by Crippen LogP contribution is -2.41. The average Bonchev–Trinajstić information content (AvgIpc) is 2.90. The molecule has 0 aromatic heterocycles. The maximum atomic E-state index is 13.4. The molecule has 20 heavy (non-hydrogen) atoms. The monoisotopic (exact) mass is 302 g/mol.